The maximum atomic E-state index is 10.4. The first kappa shape index (κ1) is 12.1. The molecule has 0 bridgehead atoms. The molecule has 1 unspecified atom stereocenters. The molecule has 98 valence electrons. The average Bonchev–Trinajstić information content (AvgIpc) is 2.90. The fourth-order valence-electron chi connectivity index (χ4n) is 2.76. The highest BCUT2D eigenvalue weighted by atomic mass is 32.1. The van der Waals surface area contributed by atoms with Crippen molar-refractivity contribution in [3.05, 3.63) is 23.5 Å². The molecule has 4 nitrogen and oxygen atoms in total. The summed E-state index contributed by atoms with van der Waals surface area (Å²) >= 11 is 1.58. The van der Waals surface area contributed by atoms with E-state index in [0.717, 1.165) is 29.9 Å². The van der Waals surface area contributed by atoms with Crippen LogP contribution in [-0.4, -0.2) is 31.3 Å². The van der Waals surface area contributed by atoms with E-state index in [1.165, 1.54) is 0 Å². The Kier molecular flexibility index (Phi) is 3.13. The van der Waals surface area contributed by atoms with Gasteiger partial charge in [0.25, 0.3) is 0 Å². The second-order valence-electron chi connectivity index (χ2n) is 5.21. The molecule has 1 aliphatic carbocycles. The first-order chi connectivity index (χ1) is 8.67. The van der Waals surface area contributed by atoms with Gasteiger partial charge in [-0.1, -0.05) is 19.3 Å². The van der Waals surface area contributed by atoms with E-state index in [1.807, 2.05) is 22.2 Å². The van der Waals surface area contributed by atoms with Crippen LogP contribution >= 0.6 is 11.3 Å². The number of aliphatic hydroxyl groups is 2. The first-order valence-electron chi connectivity index (χ1n) is 6.49. The van der Waals surface area contributed by atoms with Crippen LogP contribution in [0.5, 0.6) is 0 Å². The predicted octanol–water partition coefficient (Wildman–Crippen LogP) is 1.99. The van der Waals surface area contributed by atoms with Crippen LogP contribution in [0.1, 0.15) is 37.8 Å². The predicted molar refractivity (Wildman–Crippen MR) is 70.8 cm³/mol. The van der Waals surface area contributed by atoms with Crippen molar-refractivity contribution in [1.29, 1.82) is 0 Å². The third-order valence-electron chi connectivity index (χ3n) is 3.89. The van der Waals surface area contributed by atoms with Gasteiger partial charge in [-0.3, -0.25) is 4.40 Å². The maximum Gasteiger partial charge on any atom is 0.193 e. The van der Waals surface area contributed by atoms with E-state index < -0.39 is 11.7 Å². The van der Waals surface area contributed by atoms with Gasteiger partial charge in [0, 0.05) is 24.2 Å². The van der Waals surface area contributed by atoms with E-state index in [0.29, 0.717) is 19.3 Å². The van der Waals surface area contributed by atoms with Crippen LogP contribution in [0, 0.1) is 0 Å². The molecule has 0 spiro atoms. The van der Waals surface area contributed by atoms with Gasteiger partial charge in [0.15, 0.2) is 4.96 Å². The van der Waals surface area contributed by atoms with Gasteiger partial charge in [-0.15, -0.1) is 11.3 Å². The van der Waals surface area contributed by atoms with Gasteiger partial charge in [-0.2, -0.15) is 0 Å². The van der Waals surface area contributed by atoms with E-state index >= 15 is 0 Å². The topological polar surface area (TPSA) is 57.8 Å². The Balaban J connectivity index is 1.73. The lowest BCUT2D eigenvalue weighted by atomic mass is 9.79. The van der Waals surface area contributed by atoms with Crippen LogP contribution in [-0.2, 0) is 6.42 Å². The molecule has 0 saturated heterocycles. The Hall–Kier alpha value is -0.910. The van der Waals surface area contributed by atoms with E-state index in [-0.39, 0.29) is 0 Å². The third-order valence-corrected chi connectivity index (χ3v) is 4.66. The minimum atomic E-state index is -0.907. The van der Waals surface area contributed by atoms with Crippen LogP contribution < -0.4 is 0 Å². The highest BCUT2D eigenvalue weighted by molar-refractivity contribution is 7.15. The zero-order valence-corrected chi connectivity index (χ0v) is 11.1. The summed E-state index contributed by atoms with van der Waals surface area (Å²) in [7, 11) is 0. The van der Waals surface area contributed by atoms with Crippen molar-refractivity contribution in [1.82, 2.24) is 9.38 Å². The van der Waals surface area contributed by atoms with Crippen molar-refractivity contribution in [3.63, 3.8) is 0 Å². The molecule has 3 rings (SSSR count). The smallest absolute Gasteiger partial charge is 0.193 e. The van der Waals surface area contributed by atoms with Gasteiger partial charge in [0.05, 0.1) is 17.4 Å². The molecule has 0 amide bonds. The third kappa shape index (κ3) is 2.18. The molecular formula is C13H18N2O2S. The van der Waals surface area contributed by atoms with Crippen LogP contribution in [0.4, 0.5) is 0 Å². The molecule has 1 aliphatic rings. The molecule has 18 heavy (non-hydrogen) atoms. The van der Waals surface area contributed by atoms with Crippen molar-refractivity contribution in [3.8, 4) is 0 Å². The SMILES string of the molecule is OC(Cc1cn2ccsc2n1)C1(O)CCCCC1. The van der Waals surface area contributed by atoms with E-state index in [4.69, 9.17) is 0 Å². The second kappa shape index (κ2) is 4.64. The summed E-state index contributed by atoms with van der Waals surface area (Å²) in [5.41, 5.74) is -0.0525. The molecule has 1 fully saturated rings. The van der Waals surface area contributed by atoms with Gasteiger partial charge < -0.3 is 10.2 Å². The number of thiazole rings is 1. The zero-order valence-electron chi connectivity index (χ0n) is 10.2. The van der Waals surface area contributed by atoms with E-state index in [1.54, 1.807) is 11.3 Å². The zero-order chi connectivity index (χ0) is 12.6. The van der Waals surface area contributed by atoms with Gasteiger partial charge in [-0.25, -0.2) is 4.98 Å². The molecule has 0 aromatic carbocycles. The summed E-state index contributed by atoms with van der Waals surface area (Å²) in [5, 5.41) is 22.7. The maximum absolute atomic E-state index is 10.4. The molecule has 1 saturated carbocycles. The van der Waals surface area contributed by atoms with Gasteiger partial charge in [0.2, 0.25) is 0 Å². The van der Waals surface area contributed by atoms with Crippen molar-refractivity contribution in [2.75, 3.05) is 0 Å². The van der Waals surface area contributed by atoms with Crippen molar-refractivity contribution < 1.29 is 10.2 Å². The van der Waals surface area contributed by atoms with E-state index in [2.05, 4.69) is 4.98 Å². The monoisotopic (exact) mass is 266 g/mol. The summed E-state index contributed by atoms with van der Waals surface area (Å²) < 4.78 is 1.96. The minimum absolute atomic E-state index is 0.435. The normalized spacial score (nSPS) is 21.2. The van der Waals surface area contributed by atoms with Crippen molar-refractivity contribution >= 4 is 16.3 Å². The molecule has 0 aliphatic heterocycles. The Morgan fingerprint density at radius 2 is 2.17 bits per heavy atom. The lowest BCUT2D eigenvalue weighted by Crippen LogP contribution is -2.45. The van der Waals surface area contributed by atoms with Gasteiger partial charge >= 0.3 is 0 Å². The molecular weight excluding hydrogens is 248 g/mol. The quantitative estimate of drug-likeness (QED) is 0.893. The van der Waals surface area contributed by atoms with Crippen LogP contribution in [0.15, 0.2) is 17.8 Å². The molecule has 2 heterocycles. The number of imidazole rings is 1. The van der Waals surface area contributed by atoms with Crippen LogP contribution in [0.25, 0.3) is 4.96 Å². The molecule has 1 atom stereocenters. The minimum Gasteiger partial charge on any atom is -0.390 e. The standard InChI is InChI=1S/C13H18N2O2S/c16-11(13(17)4-2-1-3-5-13)8-10-9-15-6-7-18-12(15)14-10/h6-7,9,11,16-17H,1-5,8H2. The Labute approximate surface area is 110 Å². The van der Waals surface area contributed by atoms with Crippen molar-refractivity contribution in [2.24, 2.45) is 0 Å². The molecule has 0 radical (unpaired) electrons. The first-order valence-corrected chi connectivity index (χ1v) is 7.37. The highest BCUT2D eigenvalue weighted by Crippen LogP contribution is 2.32. The largest absolute Gasteiger partial charge is 0.390 e. The van der Waals surface area contributed by atoms with Gasteiger partial charge in [-0.05, 0) is 12.8 Å². The summed E-state index contributed by atoms with van der Waals surface area (Å²) in [6, 6.07) is 0. The summed E-state index contributed by atoms with van der Waals surface area (Å²) in [4.78, 5) is 5.39. The molecule has 2 aromatic heterocycles. The Morgan fingerprint density at radius 3 is 2.89 bits per heavy atom. The summed E-state index contributed by atoms with van der Waals surface area (Å²) in [6.07, 6.45) is 8.20. The fraction of sp³-hybridized carbons (Fsp3) is 0.615. The molecule has 5 heteroatoms. The number of aromatic nitrogens is 2. The fourth-order valence-corrected chi connectivity index (χ4v) is 3.48. The number of nitrogens with zero attached hydrogens (tertiary/aromatic N) is 2. The highest BCUT2D eigenvalue weighted by Gasteiger charge is 2.37. The number of rotatable bonds is 3. The van der Waals surface area contributed by atoms with Crippen LogP contribution in [0.3, 0.4) is 0 Å². The average molecular weight is 266 g/mol. The van der Waals surface area contributed by atoms with Crippen molar-refractivity contribution in [2.45, 2.75) is 50.2 Å². The molecule has 2 aromatic rings. The Bertz CT molecular complexity index is 499. The van der Waals surface area contributed by atoms with Gasteiger partial charge in [0.1, 0.15) is 0 Å². The molecule has 2 N–H and O–H groups in total. The summed E-state index contributed by atoms with van der Waals surface area (Å²) in [5.74, 6) is 0. The number of aliphatic hydroxyl groups excluding tert-OH is 1. The summed E-state index contributed by atoms with van der Waals surface area (Å²) in [6.45, 7) is 0. The van der Waals surface area contributed by atoms with Crippen LogP contribution in [0.2, 0.25) is 0 Å². The Morgan fingerprint density at radius 1 is 1.39 bits per heavy atom. The lowest BCUT2D eigenvalue weighted by Gasteiger charge is -2.36. The van der Waals surface area contributed by atoms with E-state index in [9.17, 15) is 10.2 Å². The number of fused-ring (bicyclic) bond motifs is 1. The second-order valence-corrected chi connectivity index (χ2v) is 6.08. The number of hydrogen-bond acceptors (Lipinski definition) is 4. The number of hydrogen-bond donors (Lipinski definition) is 2. The lowest BCUT2D eigenvalue weighted by molar-refractivity contribution is -0.0963.